The molecule has 7 nitrogen and oxygen atoms in total. The van der Waals surface area contributed by atoms with Crippen LogP contribution in [0, 0.1) is 6.92 Å². The number of ether oxygens (including phenoxy) is 1. The summed E-state index contributed by atoms with van der Waals surface area (Å²) >= 11 is 2.99. The van der Waals surface area contributed by atoms with Crippen LogP contribution >= 0.6 is 23.1 Å². The van der Waals surface area contributed by atoms with E-state index in [9.17, 15) is 4.79 Å². The molecule has 0 unspecified atom stereocenters. The van der Waals surface area contributed by atoms with Gasteiger partial charge in [0.05, 0.1) is 18.4 Å². The first-order valence-corrected chi connectivity index (χ1v) is 10.6. The first kappa shape index (κ1) is 18.7. The fourth-order valence-corrected chi connectivity index (χ4v) is 4.81. The van der Waals surface area contributed by atoms with E-state index < -0.39 is 0 Å². The molecule has 1 aromatic carbocycles. The number of aryl methyl sites for hydroxylation is 1. The highest BCUT2D eigenvalue weighted by molar-refractivity contribution is 7.98. The largest absolute Gasteiger partial charge is 0.496 e. The maximum atomic E-state index is 12.3. The van der Waals surface area contributed by atoms with Crippen LogP contribution in [0.2, 0.25) is 0 Å². The van der Waals surface area contributed by atoms with Gasteiger partial charge in [-0.3, -0.25) is 9.20 Å². The molecule has 0 aliphatic carbocycles. The fourth-order valence-electron chi connectivity index (χ4n) is 3.02. The van der Waals surface area contributed by atoms with E-state index in [4.69, 9.17) is 4.74 Å². The molecule has 0 aliphatic heterocycles. The number of benzene rings is 1. The monoisotopic (exact) mass is 413 g/mol. The average Bonchev–Trinajstić information content (AvgIpc) is 3.29. The Hall–Kier alpha value is -2.65. The summed E-state index contributed by atoms with van der Waals surface area (Å²) in [5.74, 6) is 2.07. The molecule has 0 atom stereocenters. The van der Waals surface area contributed by atoms with Crippen molar-refractivity contribution < 1.29 is 4.74 Å². The van der Waals surface area contributed by atoms with E-state index in [1.54, 1.807) is 17.6 Å². The van der Waals surface area contributed by atoms with E-state index in [0.29, 0.717) is 10.7 Å². The Morgan fingerprint density at radius 3 is 2.86 bits per heavy atom. The van der Waals surface area contributed by atoms with Gasteiger partial charge in [-0.15, -0.1) is 21.5 Å². The van der Waals surface area contributed by atoms with Gasteiger partial charge in [0.25, 0.3) is 5.56 Å². The molecule has 0 fully saturated rings. The van der Waals surface area contributed by atoms with Gasteiger partial charge in [-0.2, -0.15) is 0 Å². The standard InChI is InChI=1S/C19H19N5O2S2/c1-4-23-17(14-7-5-6-8-15(14)26-3)21-22-19(23)28-11-13-9-16(25)24-12(2)10-27-18(24)20-13/h5-10H,4,11H2,1-3H3. The number of hydrogen-bond acceptors (Lipinski definition) is 7. The molecule has 144 valence electrons. The van der Waals surface area contributed by atoms with Crippen molar-refractivity contribution in [3.8, 4) is 17.1 Å². The Kier molecular flexibility index (Phi) is 5.19. The van der Waals surface area contributed by atoms with Crippen molar-refractivity contribution in [1.29, 1.82) is 0 Å². The molecular weight excluding hydrogens is 394 g/mol. The van der Waals surface area contributed by atoms with E-state index in [2.05, 4.69) is 22.1 Å². The van der Waals surface area contributed by atoms with Gasteiger partial charge in [-0.25, -0.2) is 4.98 Å². The van der Waals surface area contributed by atoms with Crippen molar-refractivity contribution in [3.05, 3.63) is 57.5 Å². The lowest BCUT2D eigenvalue weighted by Gasteiger charge is -2.10. The van der Waals surface area contributed by atoms with E-state index in [1.807, 2.05) is 41.1 Å². The zero-order chi connectivity index (χ0) is 19.7. The van der Waals surface area contributed by atoms with Crippen LogP contribution in [0.4, 0.5) is 0 Å². The average molecular weight is 414 g/mol. The van der Waals surface area contributed by atoms with E-state index >= 15 is 0 Å². The molecule has 0 bridgehead atoms. The Labute approximate surface area is 170 Å². The summed E-state index contributed by atoms with van der Waals surface area (Å²) in [7, 11) is 1.65. The molecule has 0 aliphatic rings. The van der Waals surface area contributed by atoms with Crippen LogP contribution in [-0.2, 0) is 12.3 Å². The first-order valence-electron chi connectivity index (χ1n) is 8.78. The van der Waals surface area contributed by atoms with E-state index in [1.165, 1.54) is 23.1 Å². The number of thiazole rings is 1. The van der Waals surface area contributed by atoms with Crippen molar-refractivity contribution in [2.45, 2.75) is 31.3 Å². The minimum atomic E-state index is -0.0500. The van der Waals surface area contributed by atoms with Gasteiger partial charge in [0, 0.05) is 29.4 Å². The summed E-state index contributed by atoms with van der Waals surface area (Å²) in [6, 6.07) is 9.35. The van der Waals surface area contributed by atoms with Crippen LogP contribution < -0.4 is 10.3 Å². The molecule has 0 saturated heterocycles. The highest BCUT2D eigenvalue weighted by Gasteiger charge is 2.17. The van der Waals surface area contributed by atoms with Gasteiger partial charge in [0.1, 0.15) is 5.75 Å². The molecule has 0 radical (unpaired) electrons. The minimum absolute atomic E-state index is 0.0500. The van der Waals surface area contributed by atoms with Gasteiger partial charge >= 0.3 is 0 Å². The number of thioether (sulfide) groups is 1. The van der Waals surface area contributed by atoms with Gasteiger partial charge in [-0.1, -0.05) is 23.9 Å². The lowest BCUT2D eigenvalue weighted by atomic mass is 10.2. The number of rotatable bonds is 6. The zero-order valence-electron chi connectivity index (χ0n) is 15.7. The summed E-state index contributed by atoms with van der Waals surface area (Å²) in [6.07, 6.45) is 0. The lowest BCUT2D eigenvalue weighted by molar-refractivity contribution is 0.416. The van der Waals surface area contributed by atoms with Crippen molar-refractivity contribution >= 4 is 28.1 Å². The van der Waals surface area contributed by atoms with Gasteiger partial charge in [-0.05, 0) is 26.0 Å². The SMILES string of the molecule is CCn1c(SCc2cc(=O)n3c(C)csc3n2)nnc1-c1ccccc1OC. The minimum Gasteiger partial charge on any atom is -0.496 e. The Bertz CT molecular complexity index is 1190. The summed E-state index contributed by atoms with van der Waals surface area (Å²) in [4.78, 5) is 17.7. The van der Waals surface area contributed by atoms with Crippen LogP contribution in [0.3, 0.4) is 0 Å². The quantitative estimate of drug-likeness (QED) is 0.449. The summed E-state index contributed by atoms with van der Waals surface area (Å²) < 4.78 is 9.14. The topological polar surface area (TPSA) is 74.3 Å². The van der Waals surface area contributed by atoms with Crippen LogP contribution in [0.15, 0.2) is 45.7 Å². The summed E-state index contributed by atoms with van der Waals surface area (Å²) in [5, 5.41) is 11.5. The Morgan fingerprint density at radius 1 is 1.25 bits per heavy atom. The second-order valence-electron chi connectivity index (χ2n) is 6.12. The fraction of sp³-hybridized carbons (Fsp3) is 0.263. The molecule has 0 saturated carbocycles. The lowest BCUT2D eigenvalue weighted by Crippen LogP contribution is -2.14. The van der Waals surface area contributed by atoms with Crippen molar-refractivity contribution in [3.63, 3.8) is 0 Å². The predicted octanol–water partition coefficient (Wildman–Crippen LogP) is 3.64. The van der Waals surface area contributed by atoms with Crippen molar-refractivity contribution in [1.82, 2.24) is 24.1 Å². The molecule has 4 aromatic rings. The van der Waals surface area contributed by atoms with Crippen LogP contribution in [0.5, 0.6) is 5.75 Å². The number of aromatic nitrogens is 5. The van der Waals surface area contributed by atoms with Crippen molar-refractivity contribution in [2.75, 3.05) is 7.11 Å². The molecule has 9 heteroatoms. The number of nitrogens with zero attached hydrogens (tertiary/aromatic N) is 5. The van der Waals surface area contributed by atoms with Gasteiger partial charge in [0.2, 0.25) is 0 Å². The maximum absolute atomic E-state index is 12.3. The molecule has 3 heterocycles. The molecule has 28 heavy (non-hydrogen) atoms. The van der Waals surface area contributed by atoms with Crippen LogP contribution in [-0.4, -0.2) is 31.3 Å². The Morgan fingerprint density at radius 2 is 2.07 bits per heavy atom. The smallest absolute Gasteiger partial charge is 0.258 e. The summed E-state index contributed by atoms with van der Waals surface area (Å²) in [5.41, 5.74) is 2.49. The first-order chi connectivity index (χ1) is 13.6. The van der Waals surface area contributed by atoms with Crippen molar-refractivity contribution in [2.24, 2.45) is 0 Å². The molecule has 4 rings (SSSR count). The summed E-state index contributed by atoms with van der Waals surface area (Å²) in [6.45, 7) is 4.68. The number of methoxy groups -OCH3 is 1. The van der Waals surface area contributed by atoms with E-state index in [0.717, 1.165) is 40.2 Å². The van der Waals surface area contributed by atoms with Gasteiger partial charge < -0.3 is 9.30 Å². The second kappa shape index (κ2) is 7.76. The Balaban J connectivity index is 1.63. The predicted molar refractivity (Wildman–Crippen MR) is 111 cm³/mol. The number of para-hydroxylation sites is 1. The third kappa shape index (κ3) is 3.31. The number of hydrogen-bond donors (Lipinski definition) is 0. The second-order valence-corrected chi connectivity index (χ2v) is 7.90. The molecule has 3 aromatic heterocycles. The molecule has 0 amide bonds. The molecular formula is C19H19N5O2S2. The maximum Gasteiger partial charge on any atom is 0.258 e. The molecule has 0 spiro atoms. The highest BCUT2D eigenvalue weighted by Crippen LogP contribution is 2.31. The third-order valence-electron chi connectivity index (χ3n) is 4.36. The number of fused-ring (bicyclic) bond motifs is 1. The van der Waals surface area contributed by atoms with E-state index in [-0.39, 0.29) is 5.56 Å². The van der Waals surface area contributed by atoms with Crippen LogP contribution in [0.25, 0.3) is 16.3 Å². The zero-order valence-corrected chi connectivity index (χ0v) is 17.4. The third-order valence-corrected chi connectivity index (χ3v) is 6.30. The highest BCUT2D eigenvalue weighted by atomic mass is 32.2. The normalized spacial score (nSPS) is 11.2. The van der Waals surface area contributed by atoms with Gasteiger partial charge in [0.15, 0.2) is 15.9 Å². The molecule has 0 N–H and O–H groups in total. The van der Waals surface area contributed by atoms with Crippen LogP contribution in [0.1, 0.15) is 18.3 Å².